The Bertz CT molecular complexity index is 692. The first-order valence-corrected chi connectivity index (χ1v) is 6.39. The van der Waals surface area contributed by atoms with Crippen LogP contribution in [0.4, 0.5) is 15.8 Å². The van der Waals surface area contributed by atoms with Crippen molar-refractivity contribution in [1.29, 1.82) is 5.26 Å². The maximum atomic E-state index is 13.4. The summed E-state index contributed by atoms with van der Waals surface area (Å²) in [6.45, 7) is 0.146. The minimum Gasteiger partial charge on any atom is -0.487 e. The minimum atomic E-state index is -0.456. The van der Waals surface area contributed by atoms with E-state index in [9.17, 15) is 4.39 Å². The third kappa shape index (κ3) is 3.63. The second-order valence-electron chi connectivity index (χ2n) is 4.87. The highest BCUT2D eigenvalue weighted by Gasteiger charge is 2.06. The van der Waals surface area contributed by atoms with E-state index in [4.69, 9.17) is 15.7 Å². The van der Waals surface area contributed by atoms with Gasteiger partial charge in [-0.15, -0.1) is 0 Å². The average molecular weight is 285 g/mol. The molecule has 0 aromatic heterocycles. The molecule has 2 rings (SSSR count). The van der Waals surface area contributed by atoms with Crippen molar-refractivity contribution in [3.8, 4) is 11.8 Å². The molecule has 0 aliphatic carbocycles. The lowest BCUT2D eigenvalue weighted by Crippen LogP contribution is -2.09. The summed E-state index contributed by atoms with van der Waals surface area (Å²) in [5.74, 6) is 0.0756. The van der Waals surface area contributed by atoms with E-state index in [1.807, 2.05) is 37.2 Å². The number of halogens is 1. The van der Waals surface area contributed by atoms with Crippen LogP contribution in [0.15, 0.2) is 36.4 Å². The number of nitrogen functional groups attached to an aromatic ring is 1. The number of hydrogen-bond donors (Lipinski definition) is 1. The zero-order valence-electron chi connectivity index (χ0n) is 11.9. The van der Waals surface area contributed by atoms with Gasteiger partial charge in [0.25, 0.3) is 0 Å². The zero-order valence-corrected chi connectivity index (χ0v) is 11.9. The molecule has 0 saturated carbocycles. The molecule has 2 aromatic carbocycles. The molecular formula is C16H16FN3O. The molecule has 0 bridgehead atoms. The Hall–Kier alpha value is -2.74. The van der Waals surface area contributed by atoms with Crippen LogP contribution in [-0.4, -0.2) is 14.1 Å². The van der Waals surface area contributed by atoms with Gasteiger partial charge in [0.15, 0.2) is 0 Å². The Balaban J connectivity index is 2.18. The van der Waals surface area contributed by atoms with Gasteiger partial charge in [-0.05, 0) is 35.9 Å². The molecule has 2 N–H and O–H groups in total. The normalized spacial score (nSPS) is 10.0. The van der Waals surface area contributed by atoms with Crippen LogP contribution in [0.5, 0.6) is 5.75 Å². The van der Waals surface area contributed by atoms with E-state index < -0.39 is 5.82 Å². The fourth-order valence-corrected chi connectivity index (χ4v) is 1.89. The zero-order chi connectivity index (χ0) is 15.4. The highest BCUT2D eigenvalue weighted by atomic mass is 19.1. The van der Waals surface area contributed by atoms with E-state index in [2.05, 4.69) is 0 Å². The van der Waals surface area contributed by atoms with Gasteiger partial charge in [-0.1, -0.05) is 0 Å². The maximum absolute atomic E-state index is 13.4. The van der Waals surface area contributed by atoms with E-state index in [1.165, 1.54) is 12.1 Å². The molecule has 0 amide bonds. The fourth-order valence-electron chi connectivity index (χ4n) is 1.89. The summed E-state index contributed by atoms with van der Waals surface area (Å²) in [5, 5.41) is 8.83. The summed E-state index contributed by atoms with van der Waals surface area (Å²) in [6.07, 6.45) is 0. The first-order chi connectivity index (χ1) is 9.99. The highest BCUT2D eigenvalue weighted by Crippen LogP contribution is 2.27. The van der Waals surface area contributed by atoms with Crippen LogP contribution >= 0.6 is 0 Å². The number of benzene rings is 2. The average Bonchev–Trinajstić information content (AvgIpc) is 2.45. The van der Waals surface area contributed by atoms with Crippen molar-refractivity contribution >= 4 is 11.4 Å². The molecule has 0 spiro atoms. The predicted molar refractivity (Wildman–Crippen MR) is 80.6 cm³/mol. The first-order valence-electron chi connectivity index (χ1n) is 6.39. The number of nitrogens with two attached hydrogens (primary N) is 1. The molecule has 21 heavy (non-hydrogen) atoms. The van der Waals surface area contributed by atoms with Crippen LogP contribution < -0.4 is 15.4 Å². The van der Waals surface area contributed by atoms with Crippen LogP contribution in [-0.2, 0) is 6.61 Å². The summed E-state index contributed by atoms with van der Waals surface area (Å²) in [5.41, 5.74) is 8.19. The lowest BCUT2D eigenvalue weighted by atomic mass is 10.1. The van der Waals surface area contributed by atoms with Gasteiger partial charge in [0, 0.05) is 25.8 Å². The molecule has 108 valence electrons. The van der Waals surface area contributed by atoms with Gasteiger partial charge in [0.1, 0.15) is 18.2 Å². The van der Waals surface area contributed by atoms with Crippen molar-refractivity contribution < 1.29 is 9.13 Å². The van der Waals surface area contributed by atoms with Crippen molar-refractivity contribution in [3.63, 3.8) is 0 Å². The summed E-state index contributed by atoms with van der Waals surface area (Å²) in [6, 6.07) is 11.5. The minimum absolute atomic E-state index is 0.146. The largest absolute Gasteiger partial charge is 0.487 e. The molecule has 0 radical (unpaired) electrons. The lowest BCUT2D eigenvalue weighted by Gasteiger charge is -2.16. The topological polar surface area (TPSA) is 62.3 Å². The Morgan fingerprint density at radius 1 is 1.24 bits per heavy atom. The van der Waals surface area contributed by atoms with Gasteiger partial charge in [0.2, 0.25) is 0 Å². The number of hydrogen-bond acceptors (Lipinski definition) is 4. The molecule has 0 aliphatic heterocycles. The quantitative estimate of drug-likeness (QED) is 0.877. The molecule has 2 aromatic rings. The summed E-state index contributed by atoms with van der Waals surface area (Å²) < 4.78 is 19.0. The monoisotopic (exact) mass is 285 g/mol. The van der Waals surface area contributed by atoms with Crippen LogP contribution in [0.1, 0.15) is 11.1 Å². The summed E-state index contributed by atoms with van der Waals surface area (Å²) in [4.78, 5) is 1.93. The van der Waals surface area contributed by atoms with E-state index in [0.717, 1.165) is 5.69 Å². The molecule has 4 nitrogen and oxygen atoms in total. The predicted octanol–water partition coefficient (Wildman–Crippen LogP) is 2.92. The van der Waals surface area contributed by atoms with Crippen molar-refractivity contribution in [2.24, 2.45) is 0 Å². The van der Waals surface area contributed by atoms with Crippen molar-refractivity contribution in [2.45, 2.75) is 6.61 Å². The van der Waals surface area contributed by atoms with Gasteiger partial charge in [0.05, 0.1) is 17.3 Å². The van der Waals surface area contributed by atoms with Crippen LogP contribution in [0.2, 0.25) is 0 Å². The van der Waals surface area contributed by atoms with Gasteiger partial charge in [-0.25, -0.2) is 4.39 Å². The standard InChI is InChI=1S/C16H16FN3O/c1-20(2)14-3-4-15(19)16(8-14)21-10-12-5-11(9-18)6-13(17)7-12/h3-8H,10,19H2,1-2H3. The Morgan fingerprint density at radius 2 is 2.00 bits per heavy atom. The molecular weight excluding hydrogens is 269 g/mol. The van der Waals surface area contributed by atoms with Gasteiger partial charge >= 0.3 is 0 Å². The van der Waals surface area contributed by atoms with E-state index in [-0.39, 0.29) is 12.2 Å². The summed E-state index contributed by atoms with van der Waals surface area (Å²) in [7, 11) is 3.84. The third-order valence-corrected chi connectivity index (χ3v) is 2.99. The van der Waals surface area contributed by atoms with Crippen molar-refractivity contribution in [1.82, 2.24) is 0 Å². The lowest BCUT2D eigenvalue weighted by molar-refractivity contribution is 0.307. The number of nitriles is 1. The Labute approximate surface area is 123 Å². The molecule has 0 atom stereocenters. The third-order valence-electron chi connectivity index (χ3n) is 2.99. The highest BCUT2D eigenvalue weighted by molar-refractivity contribution is 5.61. The number of anilines is 2. The second-order valence-corrected chi connectivity index (χ2v) is 4.87. The molecule has 0 heterocycles. The van der Waals surface area contributed by atoms with Crippen molar-refractivity contribution in [3.05, 3.63) is 53.3 Å². The molecule has 5 heteroatoms. The SMILES string of the molecule is CN(C)c1ccc(N)c(OCc2cc(F)cc(C#N)c2)c1. The number of nitrogens with zero attached hydrogens (tertiary/aromatic N) is 2. The second kappa shape index (κ2) is 6.14. The molecule has 0 fully saturated rings. The first kappa shape index (κ1) is 14.7. The van der Waals surface area contributed by atoms with E-state index in [1.54, 1.807) is 12.1 Å². The van der Waals surface area contributed by atoms with Gasteiger partial charge < -0.3 is 15.4 Å². The Morgan fingerprint density at radius 3 is 2.67 bits per heavy atom. The van der Waals surface area contributed by atoms with Crippen LogP contribution in [0.25, 0.3) is 0 Å². The number of rotatable bonds is 4. The maximum Gasteiger partial charge on any atom is 0.144 e. The smallest absolute Gasteiger partial charge is 0.144 e. The van der Waals surface area contributed by atoms with Crippen LogP contribution in [0.3, 0.4) is 0 Å². The fraction of sp³-hybridized carbons (Fsp3) is 0.188. The molecule has 0 unspecified atom stereocenters. The molecule has 0 aliphatic rings. The number of ether oxygens (including phenoxy) is 1. The van der Waals surface area contributed by atoms with Crippen molar-refractivity contribution in [2.75, 3.05) is 24.7 Å². The van der Waals surface area contributed by atoms with Gasteiger partial charge in [-0.2, -0.15) is 5.26 Å². The Kier molecular flexibility index (Phi) is 4.29. The van der Waals surface area contributed by atoms with Gasteiger partial charge in [-0.3, -0.25) is 0 Å². The van der Waals surface area contributed by atoms with E-state index >= 15 is 0 Å². The summed E-state index contributed by atoms with van der Waals surface area (Å²) >= 11 is 0. The van der Waals surface area contributed by atoms with E-state index in [0.29, 0.717) is 17.0 Å². The van der Waals surface area contributed by atoms with Crippen LogP contribution in [0, 0.1) is 17.1 Å². The molecule has 0 saturated heterocycles.